The highest BCUT2D eigenvalue weighted by atomic mass is 16.1. The monoisotopic (exact) mass is 281 g/mol. The highest BCUT2D eigenvalue weighted by Gasteiger charge is 2.35. The van der Waals surface area contributed by atoms with Crippen molar-refractivity contribution in [3.05, 3.63) is 0 Å². The zero-order valence-electron chi connectivity index (χ0n) is 13.0. The van der Waals surface area contributed by atoms with Crippen molar-refractivity contribution in [2.75, 3.05) is 26.2 Å². The third kappa shape index (κ3) is 4.19. The summed E-state index contributed by atoms with van der Waals surface area (Å²) in [7, 11) is 0. The Balaban J connectivity index is 1.72. The summed E-state index contributed by atoms with van der Waals surface area (Å²) in [4.78, 5) is 13.9. The molecule has 0 aromatic heterocycles. The second-order valence-electron chi connectivity index (χ2n) is 6.70. The van der Waals surface area contributed by atoms with Gasteiger partial charge >= 0.3 is 0 Å². The molecular formula is C16H31N3O. The molecule has 1 aliphatic heterocycles. The molecule has 0 radical (unpaired) electrons. The molecule has 1 aliphatic carbocycles. The van der Waals surface area contributed by atoms with Crippen LogP contribution in [0.25, 0.3) is 0 Å². The number of carbonyl (C=O) groups excluding carboxylic acids is 1. The maximum absolute atomic E-state index is 11.3. The molecule has 1 saturated carbocycles. The first kappa shape index (κ1) is 15.8. The normalized spacial score (nSPS) is 24.6. The van der Waals surface area contributed by atoms with Gasteiger partial charge in [-0.1, -0.05) is 26.2 Å². The topological polar surface area (TPSA) is 58.4 Å². The molecule has 1 saturated heterocycles. The van der Waals surface area contributed by atoms with Crippen LogP contribution in [-0.2, 0) is 4.79 Å². The van der Waals surface area contributed by atoms with Crippen LogP contribution in [0, 0.1) is 5.41 Å². The Hall–Kier alpha value is -0.610. The van der Waals surface area contributed by atoms with Crippen LogP contribution in [0.5, 0.6) is 0 Å². The average Bonchev–Trinajstić information content (AvgIpc) is 2.46. The number of hydrogen-bond donors (Lipinski definition) is 2. The second kappa shape index (κ2) is 7.41. The van der Waals surface area contributed by atoms with Crippen molar-refractivity contribution in [2.24, 2.45) is 11.1 Å². The summed E-state index contributed by atoms with van der Waals surface area (Å²) in [6, 6.07) is -0.162. The van der Waals surface area contributed by atoms with Crippen molar-refractivity contribution in [1.82, 2.24) is 10.2 Å². The molecule has 4 nitrogen and oxygen atoms in total. The van der Waals surface area contributed by atoms with Gasteiger partial charge in [0.05, 0.1) is 6.04 Å². The summed E-state index contributed by atoms with van der Waals surface area (Å²) in [6.45, 7) is 6.23. The molecule has 1 amide bonds. The number of carbonyl (C=O) groups is 1. The van der Waals surface area contributed by atoms with Gasteiger partial charge in [0, 0.05) is 6.54 Å². The van der Waals surface area contributed by atoms with Gasteiger partial charge in [-0.25, -0.2) is 0 Å². The maximum Gasteiger partial charge on any atom is 0.234 e. The average molecular weight is 281 g/mol. The number of likely N-dealkylation sites (N-methyl/N-ethyl adjacent to an activating group) is 1. The Morgan fingerprint density at radius 1 is 1.20 bits per heavy atom. The van der Waals surface area contributed by atoms with E-state index in [1.54, 1.807) is 0 Å². The van der Waals surface area contributed by atoms with E-state index in [9.17, 15) is 4.79 Å². The van der Waals surface area contributed by atoms with E-state index >= 15 is 0 Å². The number of nitrogens with two attached hydrogens (primary N) is 1. The van der Waals surface area contributed by atoms with Crippen molar-refractivity contribution in [2.45, 2.75) is 64.3 Å². The molecule has 0 bridgehead atoms. The van der Waals surface area contributed by atoms with Crippen LogP contribution in [0.2, 0.25) is 0 Å². The van der Waals surface area contributed by atoms with E-state index in [1.165, 1.54) is 58.0 Å². The predicted molar refractivity (Wildman–Crippen MR) is 82.5 cm³/mol. The Bertz CT molecular complexity index is 303. The van der Waals surface area contributed by atoms with Gasteiger partial charge in [0.1, 0.15) is 0 Å². The summed E-state index contributed by atoms with van der Waals surface area (Å²) >= 11 is 0. The van der Waals surface area contributed by atoms with Crippen molar-refractivity contribution >= 4 is 5.91 Å². The number of hydrogen-bond acceptors (Lipinski definition) is 3. The minimum absolute atomic E-state index is 0.162. The van der Waals surface area contributed by atoms with E-state index in [0.717, 1.165) is 19.5 Å². The van der Waals surface area contributed by atoms with E-state index in [1.807, 2.05) is 6.92 Å². The van der Waals surface area contributed by atoms with Crippen LogP contribution in [-0.4, -0.2) is 43.0 Å². The number of nitrogens with one attached hydrogen (secondary N) is 1. The van der Waals surface area contributed by atoms with Crippen molar-refractivity contribution in [1.29, 1.82) is 0 Å². The fourth-order valence-electron chi connectivity index (χ4n) is 3.96. The lowest BCUT2D eigenvalue weighted by Crippen LogP contribution is -2.46. The molecule has 1 atom stereocenters. The first-order chi connectivity index (χ1) is 9.65. The molecule has 2 rings (SSSR count). The van der Waals surface area contributed by atoms with Gasteiger partial charge in [0.25, 0.3) is 0 Å². The summed E-state index contributed by atoms with van der Waals surface area (Å²) in [5.41, 5.74) is 6.10. The number of rotatable bonds is 6. The van der Waals surface area contributed by atoms with Gasteiger partial charge in [-0.3, -0.25) is 4.79 Å². The Morgan fingerprint density at radius 2 is 1.85 bits per heavy atom. The molecule has 2 aliphatic rings. The van der Waals surface area contributed by atoms with Crippen molar-refractivity contribution in [3.63, 3.8) is 0 Å². The Labute approximate surface area is 123 Å². The number of piperidine rings is 1. The van der Waals surface area contributed by atoms with Crippen LogP contribution in [0.3, 0.4) is 0 Å². The van der Waals surface area contributed by atoms with Crippen LogP contribution in [0.15, 0.2) is 0 Å². The summed E-state index contributed by atoms with van der Waals surface area (Å²) in [5.74, 6) is -0.215. The first-order valence-corrected chi connectivity index (χ1v) is 8.40. The number of primary amides is 1. The SMILES string of the molecule is CCNC(CCN1CCC2(CCCCC2)CC1)C(N)=O. The van der Waals surface area contributed by atoms with E-state index < -0.39 is 0 Å². The number of amides is 1. The van der Waals surface area contributed by atoms with Crippen LogP contribution >= 0.6 is 0 Å². The fraction of sp³-hybridized carbons (Fsp3) is 0.938. The lowest BCUT2D eigenvalue weighted by Gasteiger charge is -2.44. The number of likely N-dealkylation sites (tertiary alicyclic amines) is 1. The summed E-state index contributed by atoms with van der Waals surface area (Å²) in [5, 5.41) is 3.18. The Kier molecular flexibility index (Phi) is 5.85. The quantitative estimate of drug-likeness (QED) is 0.781. The molecular weight excluding hydrogens is 250 g/mol. The zero-order valence-corrected chi connectivity index (χ0v) is 13.0. The fourth-order valence-corrected chi connectivity index (χ4v) is 3.96. The summed E-state index contributed by atoms with van der Waals surface area (Å²) in [6.07, 6.45) is 10.8. The van der Waals surface area contributed by atoms with Crippen LogP contribution in [0.1, 0.15) is 58.3 Å². The molecule has 1 unspecified atom stereocenters. The first-order valence-electron chi connectivity index (χ1n) is 8.40. The molecule has 1 heterocycles. The molecule has 0 aromatic carbocycles. The van der Waals surface area contributed by atoms with Crippen LogP contribution < -0.4 is 11.1 Å². The maximum atomic E-state index is 11.3. The van der Waals surface area contributed by atoms with Gasteiger partial charge in [-0.05, 0) is 57.2 Å². The molecule has 20 heavy (non-hydrogen) atoms. The third-order valence-corrected chi connectivity index (χ3v) is 5.36. The second-order valence-corrected chi connectivity index (χ2v) is 6.70. The van der Waals surface area contributed by atoms with E-state index in [-0.39, 0.29) is 11.9 Å². The van der Waals surface area contributed by atoms with Gasteiger partial charge < -0.3 is 16.0 Å². The smallest absolute Gasteiger partial charge is 0.234 e. The molecule has 3 N–H and O–H groups in total. The minimum Gasteiger partial charge on any atom is -0.368 e. The van der Waals surface area contributed by atoms with Gasteiger partial charge in [0.2, 0.25) is 5.91 Å². The van der Waals surface area contributed by atoms with E-state index in [0.29, 0.717) is 5.41 Å². The molecule has 1 spiro atoms. The molecule has 2 fully saturated rings. The highest BCUT2D eigenvalue weighted by Crippen LogP contribution is 2.44. The number of nitrogens with zero attached hydrogens (tertiary/aromatic N) is 1. The van der Waals surface area contributed by atoms with Gasteiger partial charge in [-0.2, -0.15) is 0 Å². The van der Waals surface area contributed by atoms with Crippen LogP contribution in [0.4, 0.5) is 0 Å². The van der Waals surface area contributed by atoms with Crippen molar-refractivity contribution in [3.8, 4) is 0 Å². The van der Waals surface area contributed by atoms with Gasteiger partial charge in [-0.15, -0.1) is 0 Å². The lowest BCUT2D eigenvalue weighted by molar-refractivity contribution is -0.120. The molecule has 0 aromatic rings. The molecule has 116 valence electrons. The largest absolute Gasteiger partial charge is 0.368 e. The highest BCUT2D eigenvalue weighted by molar-refractivity contribution is 5.79. The zero-order chi connectivity index (χ0) is 14.4. The Morgan fingerprint density at radius 3 is 2.40 bits per heavy atom. The van der Waals surface area contributed by atoms with E-state index in [2.05, 4.69) is 10.2 Å². The van der Waals surface area contributed by atoms with Gasteiger partial charge in [0.15, 0.2) is 0 Å². The lowest BCUT2D eigenvalue weighted by atomic mass is 9.68. The van der Waals surface area contributed by atoms with E-state index in [4.69, 9.17) is 5.73 Å². The third-order valence-electron chi connectivity index (χ3n) is 5.36. The molecule has 4 heteroatoms. The van der Waals surface area contributed by atoms with Crippen molar-refractivity contribution < 1.29 is 4.79 Å². The predicted octanol–water partition coefficient (Wildman–Crippen LogP) is 1.89. The summed E-state index contributed by atoms with van der Waals surface area (Å²) < 4.78 is 0. The minimum atomic E-state index is -0.215. The standard InChI is InChI=1S/C16H31N3O/c1-2-18-14(15(17)20)6-11-19-12-9-16(10-13-19)7-4-3-5-8-16/h14,18H,2-13H2,1H3,(H2,17,20).